The monoisotopic (exact) mass is 391 g/mol. The molecule has 0 aromatic heterocycles. The second-order valence-corrected chi connectivity index (χ2v) is 7.40. The van der Waals surface area contributed by atoms with E-state index in [-0.39, 0.29) is 19.1 Å². The van der Waals surface area contributed by atoms with Crippen molar-refractivity contribution in [3.63, 3.8) is 0 Å². The first-order chi connectivity index (χ1) is 13.2. The first kappa shape index (κ1) is 21.8. The van der Waals surface area contributed by atoms with Crippen LogP contribution < -0.4 is 14.8 Å². The van der Waals surface area contributed by atoms with E-state index in [1.807, 2.05) is 19.1 Å². The third kappa shape index (κ3) is 3.99. The zero-order valence-electron chi connectivity index (χ0n) is 16.9. The van der Waals surface area contributed by atoms with Crippen LogP contribution in [0.1, 0.15) is 32.8 Å². The molecule has 2 N–H and O–H groups in total. The van der Waals surface area contributed by atoms with Gasteiger partial charge in [0.05, 0.1) is 13.2 Å². The number of nitrogens with one attached hydrogen (secondary N) is 1. The first-order valence-corrected chi connectivity index (χ1v) is 9.28. The summed E-state index contributed by atoms with van der Waals surface area (Å²) in [6, 6.07) is 5.39. The van der Waals surface area contributed by atoms with Crippen molar-refractivity contribution < 1.29 is 28.9 Å². The van der Waals surface area contributed by atoms with Crippen LogP contribution in [0.4, 0.5) is 0 Å². The Morgan fingerprint density at radius 3 is 2.61 bits per heavy atom. The lowest BCUT2D eigenvalue weighted by molar-refractivity contribution is -0.194. The van der Waals surface area contributed by atoms with E-state index >= 15 is 0 Å². The molecule has 0 saturated heterocycles. The molecular formula is C21H29NO6. The minimum Gasteiger partial charge on any atom is -0.493 e. The van der Waals surface area contributed by atoms with Gasteiger partial charge in [0.1, 0.15) is 5.54 Å². The molecule has 1 fully saturated rings. The maximum atomic E-state index is 12.5. The first-order valence-electron chi connectivity index (χ1n) is 9.28. The zero-order chi connectivity index (χ0) is 20.9. The number of hydrogen-bond donors (Lipinski definition) is 2. The Kier molecular flexibility index (Phi) is 6.72. The van der Waals surface area contributed by atoms with Gasteiger partial charge in [-0.1, -0.05) is 26.0 Å². The average Bonchev–Trinajstić information content (AvgIpc) is 2.65. The Balaban J connectivity index is 2.05. The molecule has 2 atom stereocenters. The summed E-state index contributed by atoms with van der Waals surface area (Å²) in [7, 11) is 1.52. The van der Waals surface area contributed by atoms with Gasteiger partial charge in [0.2, 0.25) is 0 Å². The van der Waals surface area contributed by atoms with Crippen molar-refractivity contribution >= 4 is 11.9 Å². The lowest BCUT2D eigenvalue weighted by Crippen LogP contribution is -2.76. The molecule has 0 aliphatic heterocycles. The number of allylic oxidation sites excluding steroid dienone is 1. The summed E-state index contributed by atoms with van der Waals surface area (Å²) in [6.45, 7) is 9.30. The zero-order valence-corrected chi connectivity index (χ0v) is 16.9. The summed E-state index contributed by atoms with van der Waals surface area (Å²) in [5.74, 6) is -0.675. The maximum absolute atomic E-state index is 12.5. The summed E-state index contributed by atoms with van der Waals surface area (Å²) < 4.78 is 16.5. The van der Waals surface area contributed by atoms with Crippen molar-refractivity contribution in [2.45, 2.75) is 45.3 Å². The van der Waals surface area contributed by atoms with Crippen LogP contribution in [-0.2, 0) is 20.7 Å². The van der Waals surface area contributed by atoms with Gasteiger partial charge in [-0.15, -0.1) is 6.58 Å². The van der Waals surface area contributed by atoms with Gasteiger partial charge in [-0.05, 0) is 31.0 Å². The quantitative estimate of drug-likeness (QED) is 0.596. The van der Waals surface area contributed by atoms with Crippen molar-refractivity contribution in [1.82, 2.24) is 5.32 Å². The van der Waals surface area contributed by atoms with Crippen molar-refractivity contribution in [3.8, 4) is 11.5 Å². The number of hydrogen-bond acceptors (Lipinski definition) is 5. The number of rotatable bonds is 10. The Bertz CT molecular complexity index is 744. The van der Waals surface area contributed by atoms with Gasteiger partial charge in [0.25, 0.3) is 5.91 Å². The number of carboxylic acids is 1. The highest BCUT2D eigenvalue weighted by molar-refractivity contribution is 5.90. The molecule has 1 aromatic carbocycles. The second kappa shape index (κ2) is 8.65. The molecule has 0 spiro atoms. The molecule has 1 aliphatic rings. The van der Waals surface area contributed by atoms with Gasteiger partial charge in [-0.3, -0.25) is 4.79 Å². The fourth-order valence-corrected chi connectivity index (χ4v) is 3.58. The summed E-state index contributed by atoms with van der Waals surface area (Å²) in [6.07, 6.45) is 2.46. The summed E-state index contributed by atoms with van der Waals surface area (Å²) in [4.78, 5) is 24.4. The molecule has 154 valence electrons. The molecule has 1 amide bonds. The highest BCUT2D eigenvalue weighted by Crippen LogP contribution is 2.51. The second-order valence-electron chi connectivity index (χ2n) is 7.40. The average molecular weight is 391 g/mol. The third-order valence-electron chi connectivity index (χ3n) is 5.45. The number of carbonyl (C=O) groups is 2. The fourth-order valence-electron chi connectivity index (χ4n) is 3.58. The number of amides is 1. The number of benzene rings is 1. The van der Waals surface area contributed by atoms with E-state index < -0.39 is 22.8 Å². The number of carbonyl (C=O) groups excluding carboxylic acids is 1. The Morgan fingerprint density at radius 1 is 1.36 bits per heavy atom. The van der Waals surface area contributed by atoms with Crippen LogP contribution in [0.5, 0.6) is 11.5 Å². The van der Waals surface area contributed by atoms with Gasteiger partial charge in [0.15, 0.2) is 18.1 Å². The van der Waals surface area contributed by atoms with E-state index in [1.165, 1.54) is 7.11 Å². The number of methoxy groups -OCH3 is 1. The van der Waals surface area contributed by atoms with Crippen LogP contribution in [0.2, 0.25) is 0 Å². The Labute approximate surface area is 165 Å². The highest BCUT2D eigenvalue weighted by Gasteiger charge is 2.66. The molecule has 0 heterocycles. The van der Waals surface area contributed by atoms with Crippen molar-refractivity contribution in [3.05, 3.63) is 36.4 Å². The lowest BCUT2D eigenvalue weighted by atomic mass is 9.54. The molecule has 7 heteroatoms. The van der Waals surface area contributed by atoms with E-state index in [0.717, 1.165) is 5.56 Å². The van der Waals surface area contributed by atoms with E-state index in [1.54, 1.807) is 26.0 Å². The predicted molar refractivity (Wildman–Crippen MR) is 105 cm³/mol. The number of carboxylic acid groups (broad SMARTS) is 1. The maximum Gasteiger partial charge on any atom is 0.330 e. The molecular weight excluding hydrogens is 362 g/mol. The molecule has 2 unspecified atom stereocenters. The van der Waals surface area contributed by atoms with E-state index in [4.69, 9.17) is 14.2 Å². The van der Waals surface area contributed by atoms with Crippen LogP contribution in [0.25, 0.3) is 0 Å². The smallest absolute Gasteiger partial charge is 0.330 e. The van der Waals surface area contributed by atoms with Crippen molar-refractivity contribution in [2.75, 3.05) is 20.3 Å². The molecule has 1 aromatic rings. The molecule has 28 heavy (non-hydrogen) atoms. The predicted octanol–water partition coefficient (Wildman–Crippen LogP) is 2.58. The summed E-state index contributed by atoms with van der Waals surface area (Å²) >= 11 is 0. The van der Waals surface area contributed by atoms with Gasteiger partial charge in [-0.2, -0.15) is 0 Å². The molecule has 0 bridgehead atoms. The topological polar surface area (TPSA) is 94.1 Å². The van der Waals surface area contributed by atoms with Gasteiger partial charge in [-0.25, -0.2) is 4.79 Å². The Hall–Kier alpha value is -2.54. The van der Waals surface area contributed by atoms with Crippen LogP contribution >= 0.6 is 0 Å². The standard InChI is InChI=1S/C21H29NO6/c1-6-8-14-9-10-15(16(11-14)26-5)28-13-18(23)22-21(19(24)25)12-17(27-7-2)20(21,3)4/h6,9-11,17H,1,7-8,12-13H2,2-5H3,(H,22,23)(H,24,25). The van der Waals surface area contributed by atoms with Gasteiger partial charge < -0.3 is 24.6 Å². The molecule has 7 nitrogen and oxygen atoms in total. The van der Waals surface area contributed by atoms with E-state index in [0.29, 0.717) is 24.5 Å². The fraction of sp³-hybridized carbons (Fsp3) is 0.524. The van der Waals surface area contributed by atoms with Crippen molar-refractivity contribution in [1.29, 1.82) is 0 Å². The number of ether oxygens (including phenoxy) is 3. The van der Waals surface area contributed by atoms with Gasteiger partial charge >= 0.3 is 5.97 Å². The third-order valence-corrected chi connectivity index (χ3v) is 5.45. The van der Waals surface area contributed by atoms with Crippen LogP contribution in [0.3, 0.4) is 0 Å². The van der Waals surface area contributed by atoms with E-state index in [2.05, 4.69) is 11.9 Å². The van der Waals surface area contributed by atoms with E-state index in [9.17, 15) is 14.7 Å². The molecule has 1 saturated carbocycles. The van der Waals surface area contributed by atoms with Crippen molar-refractivity contribution in [2.24, 2.45) is 5.41 Å². The van der Waals surface area contributed by atoms with Crippen LogP contribution in [0.15, 0.2) is 30.9 Å². The SMILES string of the molecule is C=CCc1ccc(OCC(=O)NC2(C(=O)O)CC(OCC)C2(C)C)c(OC)c1. The minimum absolute atomic E-state index is 0.217. The molecule has 1 aliphatic carbocycles. The minimum atomic E-state index is -1.38. The highest BCUT2D eigenvalue weighted by atomic mass is 16.5. The molecule has 0 radical (unpaired) electrons. The summed E-state index contributed by atoms with van der Waals surface area (Å²) in [5.41, 5.74) is -1.12. The largest absolute Gasteiger partial charge is 0.493 e. The number of aliphatic carboxylic acids is 1. The summed E-state index contributed by atoms with van der Waals surface area (Å²) in [5, 5.41) is 12.4. The normalized spacial score (nSPS) is 22.6. The van der Waals surface area contributed by atoms with Crippen LogP contribution in [-0.4, -0.2) is 48.9 Å². The lowest BCUT2D eigenvalue weighted by Gasteiger charge is -2.58. The Morgan fingerprint density at radius 2 is 2.07 bits per heavy atom. The molecule has 2 rings (SSSR count). The van der Waals surface area contributed by atoms with Gasteiger partial charge in [0, 0.05) is 18.4 Å². The van der Waals surface area contributed by atoms with Crippen LogP contribution in [0, 0.1) is 5.41 Å².